The maximum Gasteiger partial charge on any atom is 0.338 e. The fourth-order valence-corrected chi connectivity index (χ4v) is 2.98. The Morgan fingerprint density at radius 3 is 1.65 bits per heavy atom. The molecule has 2 aliphatic heterocycles. The number of ether oxygens (including phenoxy) is 2. The molecule has 106 valence electrons. The van der Waals surface area contributed by atoms with Crippen molar-refractivity contribution in [2.24, 2.45) is 5.41 Å². The van der Waals surface area contributed by atoms with Crippen molar-refractivity contribution in [1.82, 2.24) is 0 Å². The average molecular weight is 274 g/mol. The Balaban J connectivity index is 1.88. The average Bonchev–Trinajstić information content (AvgIpc) is 2.54. The number of benzene rings is 1. The second-order valence-electron chi connectivity index (χ2n) is 5.79. The minimum Gasteiger partial charge on any atom is -0.461 e. The topological polar surface area (TPSA) is 52.6 Å². The van der Waals surface area contributed by atoms with Gasteiger partial charge in [0.25, 0.3) is 0 Å². The van der Waals surface area contributed by atoms with Gasteiger partial charge in [-0.15, -0.1) is 0 Å². The third kappa shape index (κ3) is 2.55. The smallest absolute Gasteiger partial charge is 0.338 e. The third-order valence-corrected chi connectivity index (χ3v) is 4.29. The van der Waals surface area contributed by atoms with Crippen LogP contribution in [0.15, 0.2) is 24.3 Å². The molecule has 3 aliphatic rings. The minimum atomic E-state index is -0.323. The van der Waals surface area contributed by atoms with Crippen LogP contribution < -0.4 is 0 Å². The van der Waals surface area contributed by atoms with Gasteiger partial charge in [0.05, 0.1) is 11.1 Å². The molecule has 1 aromatic rings. The van der Waals surface area contributed by atoms with Gasteiger partial charge >= 0.3 is 11.9 Å². The normalized spacial score (nSPS) is 22.0. The molecule has 1 saturated carbocycles. The molecule has 1 spiro atoms. The van der Waals surface area contributed by atoms with Gasteiger partial charge in [-0.3, -0.25) is 0 Å². The second kappa shape index (κ2) is 5.27. The monoisotopic (exact) mass is 274 g/mol. The number of rotatable bonds is 0. The van der Waals surface area contributed by atoms with Gasteiger partial charge in [-0.05, 0) is 37.1 Å². The summed E-state index contributed by atoms with van der Waals surface area (Å²) < 4.78 is 10.9. The number of esters is 2. The van der Waals surface area contributed by atoms with E-state index in [1.165, 1.54) is 6.42 Å². The lowest BCUT2D eigenvalue weighted by Gasteiger charge is -2.35. The maximum absolute atomic E-state index is 12.0. The van der Waals surface area contributed by atoms with Crippen molar-refractivity contribution in [3.05, 3.63) is 35.4 Å². The lowest BCUT2D eigenvalue weighted by Crippen LogP contribution is -2.36. The summed E-state index contributed by atoms with van der Waals surface area (Å²) in [5.74, 6) is -0.647. The summed E-state index contributed by atoms with van der Waals surface area (Å²) >= 11 is 0. The second-order valence-corrected chi connectivity index (χ2v) is 5.79. The number of hydrogen-bond donors (Lipinski definition) is 0. The van der Waals surface area contributed by atoms with Crippen LogP contribution >= 0.6 is 0 Å². The van der Waals surface area contributed by atoms with E-state index < -0.39 is 0 Å². The first-order valence-corrected chi connectivity index (χ1v) is 7.13. The fourth-order valence-electron chi connectivity index (χ4n) is 2.98. The van der Waals surface area contributed by atoms with Crippen LogP contribution in [0.1, 0.15) is 52.8 Å². The molecule has 2 heterocycles. The Bertz CT molecular complexity index is 471. The van der Waals surface area contributed by atoms with Crippen molar-refractivity contribution in [2.45, 2.75) is 32.1 Å². The van der Waals surface area contributed by atoms with E-state index in [9.17, 15) is 9.59 Å². The zero-order valence-corrected chi connectivity index (χ0v) is 11.4. The Labute approximate surface area is 118 Å². The summed E-state index contributed by atoms with van der Waals surface area (Å²) in [5, 5.41) is 0. The van der Waals surface area contributed by atoms with Crippen molar-refractivity contribution in [3.8, 4) is 0 Å². The first kappa shape index (κ1) is 13.2. The van der Waals surface area contributed by atoms with E-state index in [1.807, 2.05) is 0 Å². The molecule has 0 unspecified atom stereocenters. The summed E-state index contributed by atoms with van der Waals surface area (Å²) in [6.07, 6.45) is 5.27. The van der Waals surface area contributed by atoms with E-state index >= 15 is 0 Å². The number of carbonyl (C=O) groups excluding carboxylic acids is 2. The predicted octanol–water partition coefficient (Wildman–Crippen LogP) is 2.96. The van der Waals surface area contributed by atoms with Crippen molar-refractivity contribution in [3.63, 3.8) is 0 Å². The van der Waals surface area contributed by atoms with Crippen molar-refractivity contribution < 1.29 is 19.1 Å². The lowest BCUT2D eigenvalue weighted by molar-refractivity contribution is -0.0195. The third-order valence-electron chi connectivity index (χ3n) is 4.29. The van der Waals surface area contributed by atoms with E-state index in [2.05, 4.69) is 0 Å². The van der Waals surface area contributed by atoms with Gasteiger partial charge < -0.3 is 9.47 Å². The molecule has 4 rings (SSSR count). The molecule has 0 radical (unpaired) electrons. The summed E-state index contributed by atoms with van der Waals surface area (Å²) in [6, 6.07) is 6.44. The summed E-state index contributed by atoms with van der Waals surface area (Å²) in [7, 11) is 0. The highest BCUT2D eigenvalue weighted by Crippen LogP contribution is 2.37. The van der Waals surface area contributed by atoms with Crippen molar-refractivity contribution >= 4 is 11.9 Å². The molecule has 4 heteroatoms. The first-order chi connectivity index (χ1) is 9.69. The van der Waals surface area contributed by atoms with Gasteiger partial charge in [0.15, 0.2) is 0 Å². The Kier molecular flexibility index (Phi) is 3.47. The van der Waals surface area contributed by atoms with Crippen LogP contribution in [0.2, 0.25) is 0 Å². The van der Waals surface area contributed by atoms with Gasteiger partial charge in [-0.25, -0.2) is 9.59 Å². The van der Waals surface area contributed by atoms with Crippen LogP contribution in [0.3, 0.4) is 0 Å². The van der Waals surface area contributed by atoms with Crippen LogP contribution in [-0.4, -0.2) is 25.2 Å². The Morgan fingerprint density at radius 1 is 0.750 bits per heavy atom. The maximum atomic E-state index is 12.0. The molecule has 0 atom stereocenters. The van der Waals surface area contributed by atoms with Gasteiger partial charge in [-0.2, -0.15) is 0 Å². The lowest BCUT2D eigenvalue weighted by atomic mass is 9.75. The summed E-state index contributed by atoms with van der Waals surface area (Å²) in [5.41, 5.74) is 0.762. The highest BCUT2D eigenvalue weighted by atomic mass is 16.5. The van der Waals surface area contributed by atoms with Gasteiger partial charge in [0.2, 0.25) is 0 Å². The quantitative estimate of drug-likeness (QED) is 0.682. The standard InChI is InChI=1S/C16H18O4/c17-14-12-4-5-13(7-6-12)15(18)20-11-16(10-19-14)8-2-1-3-9-16/h4-7H,1-3,8-11H2. The SMILES string of the molecule is O=C1OCC2(CCCCC2)COC(=O)c2ccc1cc2. The molecule has 0 saturated heterocycles. The number of carbonyl (C=O) groups is 2. The van der Waals surface area contributed by atoms with Crippen molar-refractivity contribution in [1.29, 1.82) is 0 Å². The number of fused-ring (bicyclic) bond motifs is 6. The van der Waals surface area contributed by atoms with Gasteiger partial charge in [-0.1, -0.05) is 19.3 Å². The fraction of sp³-hybridized carbons (Fsp3) is 0.500. The summed E-state index contributed by atoms with van der Waals surface area (Å²) in [6.45, 7) is 0.666. The zero-order valence-electron chi connectivity index (χ0n) is 11.4. The van der Waals surface area contributed by atoms with E-state index in [-0.39, 0.29) is 17.4 Å². The van der Waals surface area contributed by atoms with E-state index in [4.69, 9.17) is 9.47 Å². The van der Waals surface area contributed by atoms with Gasteiger partial charge in [0, 0.05) is 5.41 Å². The van der Waals surface area contributed by atoms with Crippen LogP contribution in [0.4, 0.5) is 0 Å². The predicted molar refractivity (Wildman–Crippen MR) is 72.5 cm³/mol. The number of hydrogen-bond acceptors (Lipinski definition) is 4. The largest absolute Gasteiger partial charge is 0.461 e. The van der Waals surface area contributed by atoms with Crippen LogP contribution in [0.25, 0.3) is 0 Å². The van der Waals surface area contributed by atoms with E-state index in [1.54, 1.807) is 24.3 Å². The van der Waals surface area contributed by atoms with Crippen LogP contribution in [-0.2, 0) is 9.47 Å². The molecule has 1 fully saturated rings. The van der Waals surface area contributed by atoms with Gasteiger partial charge in [0.1, 0.15) is 13.2 Å². The van der Waals surface area contributed by atoms with Crippen LogP contribution in [0.5, 0.6) is 0 Å². The Morgan fingerprint density at radius 2 is 1.20 bits per heavy atom. The molecule has 20 heavy (non-hydrogen) atoms. The van der Waals surface area contributed by atoms with E-state index in [0.29, 0.717) is 24.3 Å². The molecule has 1 aliphatic carbocycles. The van der Waals surface area contributed by atoms with E-state index in [0.717, 1.165) is 25.7 Å². The Hall–Kier alpha value is -1.84. The van der Waals surface area contributed by atoms with Crippen LogP contribution in [0, 0.1) is 5.41 Å². The first-order valence-electron chi connectivity index (χ1n) is 7.13. The minimum absolute atomic E-state index is 0.200. The molecule has 2 bridgehead atoms. The zero-order chi connectivity index (χ0) is 14.0. The highest BCUT2D eigenvalue weighted by Gasteiger charge is 2.36. The van der Waals surface area contributed by atoms with Crippen molar-refractivity contribution in [2.75, 3.05) is 13.2 Å². The molecule has 1 aromatic carbocycles. The molecule has 0 aromatic heterocycles. The molecule has 0 amide bonds. The summed E-state index contributed by atoms with van der Waals surface area (Å²) in [4.78, 5) is 24.0. The highest BCUT2D eigenvalue weighted by molar-refractivity contribution is 5.93. The molecular formula is C16H18O4. The molecular weight excluding hydrogens is 256 g/mol. The molecule has 0 N–H and O–H groups in total. The molecule has 4 nitrogen and oxygen atoms in total.